The van der Waals surface area contributed by atoms with Crippen molar-refractivity contribution in [3.8, 4) is 0 Å². The van der Waals surface area contributed by atoms with Crippen molar-refractivity contribution in [2.75, 3.05) is 19.6 Å². The number of amides is 2. The van der Waals surface area contributed by atoms with Crippen molar-refractivity contribution in [2.24, 2.45) is 0 Å². The number of rotatable bonds is 3. The molecule has 1 aromatic rings. The lowest BCUT2D eigenvalue weighted by Gasteiger charge is -2.26. The quantitative estimate of drug-likeness (QED) is 0.902. The van der Waals surface area contributed by atoms with E-state index in [0.717, 1.165) is 32.1 Å². The average Bonchev–Trinajstić information content (AvgIpc) is 3.04. The van der Waals surface area contributed by atoms with Crippen LogP contribution in [0, 0.1) is 0 Å². The fourth-order valence-electron chi connectivity index (χ4n) is 3.51. The normalized spacial score (nSPS) is 21.0. The Morgan fingerprint density at radius 1 is 0.920 bits per heavy atom. The summed E-state index contributed by atoms with van der Waals surface area (Å²) in [6, 6.07) is 3.97. The van der Waals surface area contributed by atoms with E-state index in [9.17, 15) is 19.5 Å². The van der Waals surface area contributed by atoms with Crippen LogP contribution in [0.1, 0.15) is 59.5 Å². The van der Waals surface area contributed by atoms with Gasteiger partial charge in [0, 0.05) is 19.6 Å². The van der Waals surface area contributed by atoms with E-state index < -0.39 is 17.9 Å². The highest BCUT2D eigenvalue weighted by molar-refractivity contribution is 5.97. The highest BCUT2D eigenvalue weighted by atomic mass is 16.4. The van der Waals surface area contributed by atoms with Gasteiger partial charge >= 0.3 is 5.97 Å². The zero-order valence-electron chi connectivity index (χ0n) is 14.2. The Hall–Kier alpha value is -2.44. The fraction of sp³-hybridized carbons (Fsp3) is 0.556. The van der Waals surface area contributed by atoms with Crippen LogP contribution in [0.5, 0.6) is 0 Å². The Morgan fingerprint density at radius 3 is 2.24 bits per heavy atom. The summed E-state index contributed by atoms with van der Waals surface area (Å²) in [6.07, 6.45) is 4.91. The summed E-state index contributed by atoms with van der Waals surface area (Å²) in [4.78, 5) is 44.2. The van der Waals surface area contributed by atoms with Crippen LogP contribution in [-0.2, 0) is 4.79 Å². The van der Waals surface area contributed by atoms with Gasteiger partial charge in [-0.1, -0.05) is 18.9 Å². The Labute approximate surface area is 146 Å². The Morgan fingerprint density at radius 2 is 1.56 bits per heavy atom. The molecule has 25 heavy (non-hydrogen) atoms. The molecule has 0 spiro atoms. The van der Waals surface area contributed by atoms with Gasteiger partial charge in [0.15, 0.2) is 0 Å². The van der Waals surface area contributed by atoms with Crippen LogP contribution in [0.15, 0.2) is 18.2 Å². The van der Waals surface area contributed by atoms with Gasteiger partial charge in [0.05, 0.1) is 0 Å². The van der Waals surface area contributed by atoms with Crippen LogP contribution >= 0.6 is 0 Å². The Kier molecular flexibility index (Phi) is 5.31. The highest BCUT2D eigenvalue weighted by Gasteiger charge is 2.32. The van der Waals surface area contributed by atoms with Crippen LogP contribution in [-0.4, -0.2) is 63.4 Å². The molecular weight excluding hydrogens is 322 g/mol. The van der Waals surface area contributed by atoms with Gasteiger partial charge < -0.3 is 14.9 Å². The second-order valence-electron chi connectivity index (χ2n) is 6.61. The van der Waals surface area contributed by atoms with E-state index in [2.05, 4.69) is 4.98 Å². The molecule has 7 heteroatoms. The first-order chi connectivity index (χ1) is 12.1. The lowest BCUT2D eigenvalue weighted by atomic mass is 10.1. The van der Waals surface area contributed by atoms with E-state index in [1.165, 1.54) is 4.90 Å². The van der Waals surface area contributed by atoms with Crippen molar-refractivity contribution in [1.82, 2.24) is 14.8 Å². The third-order valence-corrected chi connectivity index (χ3v) is 4.88. The number of hydrogen-bond donors (Lipinski definition) is 1. The topological polar surface area (TPSA) is 90.8 Å². The SMILES string of the molecule is O=C(O)C1CCCCCN1C(=O)c1cccc(C(=O)N2CCCC2)n1. The molecule has 1 N–H and O–H groups in total. The standard InChI is InChI=1S/C18H23N3O4/c22-16(20-10-4-5-11-20)13-7-6-8-14(19-13)17(23)21-12-3-1-2-9-15(21)18(24)25/h6-8,15H,1-5,9-12H2,(H,24,25). The maximum absolute atomic E-state index is 12.8. The second-order valence-corrected chi connectivity index (χ2v) is 6.61. The summed E-state index contributed by atoms with van der Waals surface area (Å²) in [5, 5.41) is 9.44. The predicted molar refractivity (Wildman–Crippen MR) is 90.3 cm³/mol. The van der Waals surface area contributed by atoms with Crippen LogP contribution in [0.4, 0.5) is 0 Å². The Balaban J connectivity index is 1.82. The first-order valence-electron chi connectivity index (χ1n) is 8.88. The summed E-state index contributed by atoms with van der Waals surface area (Å²) >= 11 is 0. The highest BCUT2D eigenvalue weighted by Crippen LogP contribution is 2.20. The molecule has 2 aliphatic rings. The molecule has 3 heterocycles. The minimum Gasteiger partial charge on any atom is -0.480 e. The molecule has 2 fully saturated rings. The van der Waals surface area contributed by atoms with Gasteiger partial charge in [-0.05, 0) is 37.8 Å². The maximum Gasteiger partial charge on any atom is 0.326 e. The number of carboxylic acids is 1. The largest absolute Gasteiger partial charge is 0.480 e. The lowest BCUT2D eigenvalue weighted by Crippen LogP contribution is -2.45. The second kappa shape index (κ2) is 7.63. The predicted octanol–water partition coefficient (Wildman–Crippen LogP) is 1.79. The first kappa shape index (κ1) is 17.4. The van der Waals surface area contributed by atoms with Crippen molar-refractivity contribution in [3.05, 3.63) is 29.6 Å². The molecule has 1 aromatic heterocycles. The van der Waals surface area contributed by atoms with E-state index in [4.69, 9.17) is 0 Å². The summed E-state index contributed by atoms with van der Waals surface area (Å²) in [7, 11) is 0. The van der Waals surface area contributed by atoms with Crippen molar-refractivity contribution >= 4 is 17.8 Å². The Bertz CT molecular complexity index is 670. The van der Waals surface area contributed by atoms with E-state index >= 15 is 0 Å². The molecule has 2 saturated heterocycles. The third-order valence-electron chi connectivity index (χ3n) is 4.88. The van der Waals surface area contributed by atoms with Gasteiger partial charge in [-0.15, -0.1) is 0 Å². The summed E-state index contributed by atoms with van der Waals surface area (Å²) < 4.78 is 0. The molecule has 134 valence electrons. The molecule has 0 aliphatic carbocycles. The number of carbonyl (C=O) groups excluding carboxylic acids is 2. The number of carbonyl (C=O) groups is 3. The van der Waals surface area contributed by atoms with Crippen LogP contribution in [0.25, 0.3) is 0 Å². The van der Waals surface area contributed by atoms with Crippen molar-refractivity contribution in [3.63, 3.8) is 0 Å². The number of aromatic nitrogens is 1. The van der Waals surface area contributed by atoms with E-state index in [-0.39, 0.29) is 17.3 Å². The van der Waals surface area contributed by atoms with Crippen LogP contribution < -0.4 is 0 Å². The third kappa shape index (κ3) is 3.81. The molecule has 2 amide bonds. The zero-order chi connectivity index (χ0) is 17.8. The molecule has 7 nitrogen and oxygen atoms in total. The number of nitrogens with zero attached hydrogens (tertiary/aromatic N) is 3. The maximum atomic E-state index is 12.8. The van der Waals surface area contributed by atoms with Crippen molar-refractivity contribution in [1.29, 1.82) is 0 Å². The first-order valence-corrected chi connectivity index (χ1v) is 8.88. The van der Waals surface area contributed by atoms with Gasteiger partial charge in [-0.3, -0.25) is 9.59 Å². The molecule has 0 saturated carbocycles. The smallest absolute Gasteiger partial charge is 0.326 e. The van der Waals surface area contributed by atoms with Gasteiger partial charge in [0.25, 0.3) is 11.8 Å². The number of pyridine rings is 1. The summed E-state index contributed by atoms with van der Waals surface area (Å²) in [5.74, 6) is -1.57. The molecule has 1 unspecified atom stereocenters. The molecule has 0 aromatic carbocycles. The van der Waals surface area contributed by atoms with E-state index in [1.54, 1.807) is 23.1 Å². The minimum absolute atomic E-state index is 0.137. The number of carboxylic acid groups (broad SMARTS) is 1. The monoisotopic (exact) mass is 345 g/mol. The number of likely N-dealkylation sites (tertiary alicyclic amines) is 2. The molecule has 0 radical (unpaired) electrons. The van der Waals surface area contributed by atoms with E-state index in [0.29, 0.717) is 26.1 Å². The molecular formula is C18H23N3O4. The fourth-order valence-corrected chi connectivity index (χ4v) is 3.51. The van der Waals surface area contributed by atoms with Gasteiger partial charge in [-0.2, -0.15) is 0 Å². The molecule has 2 aliphatic heterocycles. The summed E-state index contributed by atoms with van der Waals surface area (Å²) in [6.45, 7) is 1.83. The van der Waals surface area contributed by atoms with Crippen molar-refractivity contribution < 1.29 is 19.5 Å². The molecule has 0 bridgehead atoms. The lowest BCUT2D eigenvalue weighted by molar-refractivity contribution is -0.142. The number of aliphatic carboxylic acids is 1. The van der Waals surface area contributed by atoms with Gasteiger partial charge in [0.2, 0.25) is 0 Å². The summed E-state index contributed by atoms with van der Waals surface area (Å²) in [5.41, 5.74) is 0.382. The zero-order valence-corrected chi connectivity index (χ0v) is 14.2. The van der Waals surface area contributed by atoms with Crippen LogP contribution in [0.2, 0.25) is 0 Å². The van der Waals surface area contributed by atoms with Crippen LogP contribution in [0.3, 0.4) is 0 Å². The molecule has 1 atom stereocenters. The average molecular weight is 345 g/mol. The van der Waals surface area contributed by atoms with Gasteiger partial charge in [0.1, 0.15) is 17.4 Å². The van der Waals surface area contributed by atoms with Crippen molar-refractivity contribution in [2.45, 2.75) is 44.6 Å². The molecule has 3 rings (SSSR count). The van der Waals surface area contributed by atoms with E-state index in [1.807, 2.05) is 0 Å². The van der Waals surface area contributed by atoms with Gasteiger partial charge in [-0.25, -0.2) is 9.78 Å². The minimum atomic E-state index is -0.987. The number of hydrogen-bond acceptors (Lipinski definition) is 4.